The Hall–Kier alpha value is -1.35. The van der Waals surface area contributed by atoms with E-state index in [9.17, 15) is 4.79 Å². The summed E-state index contributed by atoms with van der Waals surface area (Å²) in [5.74, 6) is 0.984. The lowest BCUT2D eigenvalue weighted by atomic mass is 9.83. The lowest BCUT2D eigenvalue weighted by Gasteiger charge is -2.48. The van der Waals surface area contributed by atoms with Gasteiger partial charge in [-0.25, -0.2) is 0 Å². The number of carbonyl (C=O) groups is 1. The first kappa shape index (κ1) is 10.6. The van der Waals surface area contributed by atoms with Gasteiger partial charge in [0.25, 0.3) is 5.91 Å². The highest BCUT2D eigenvalue weighted by Gasteiger charge is 2.41. The molecule has 0 radical (unpaired) electrons. The van der Waals surface area contributed by atoms with Gasteiger partial charge < -0.3 is 9.80 Å². The van der Waals surface area contributed by atoms with E-state index < -0.39 is 0 Å². The zero-order chi connectivity index (χ0) is 12.1. The molecule has 4 aliphatic rings. The second-order valence-electron chi connectivity index (χ2n) is 5.80. The molecule has 1 aromatic carbocycles. The number of amides is 1. The maximum Gasteiger partial charge on any atom is 0.254 e. The molecule has 5 rings (SSSR count). The molecule has 3 heteroatoms. The number of benzene rings is 1. The predicted molar refractivity (Wildman–Crippen MR) is 69.3 cm³/mol. The molecule has 1 atom stereocenters. The van der Waals surface area contributed by atoms with Crippen molar-refractivity contribution in [2.75, 3.05) is 19.6 Å². The van der Waals surface area contributed by atoms with E-state index in [2.05, 4.69) is 15.9 Å². The van der Waals surface area contributed by atoms with Crippen molar-refractivity contribution < 1.29 is 4.79 Å². The molecule has 0 aliphatic carbocycles. The molecule has 0 aromatic heterocycles. The van der Waals surface area contributed by atoms with E-state index in [0.29, 0.717) is 6.04 Å². The van der Waals surface area contributed by atoms with Crippen LogP contribution in [-0.2, 0) is 6.54 Å². The SMILES string of the molecule is O=C1c2ccccc2CN1[C@H]1CN2CCC1CC2. The summed E-state index contributed by atoms with van der Waals surface area (Å²) < 4.78 is 0. The Labute approximate surface area is 107 Å². The quantitative estimate of drug-likeness (QED) is 0.749. The second-order valence-corrected chi connectivity index (χ2v) is 5.80. The summed E-state index contributed by atoms with van der Waals surface area (Å²) in [6.07, 6.45) is 2.54. The van der Waals surface area contributed by atoms with Gasteiger partial charge in [-0.15, -0.1) is 0 Å². The summed E-state index contributed by atoms with van der Waals surface area (Å²) >= 11 is 0. The standard InChI is InChI=1S/C15H18N2O/c18-15-13-4-2-1-3-12(13)9-17(15)14-10-16-7-5-11(14)6-8-16/h1-4,11,14H,5-10H2/t14-/m0/s1. The molecule has 3 nitrogen and oxygen atoms in total. The molecule has 0 spiro atoms. The fourth-order valence-corrected chi connectivity index (χ4v) is 3.83. The average molecular weight is 242 g/mol. The van der Waals surface area contributed by atoms with Crippen LogP contribution in [0.3, 0.4) is 0 Å². The first-order chi connectivity index (χ1) is 8.83. The molecule has 3 saturated heterocycles. The summed E-state index contributed by atoms with van der Waals surface area (Å²) in [6, 6.07) is 8.52. The van der Waals surface area contributed by atoms with E-state index in [4.69, 9.17) is 0 Å². The van der Waals surface area contributed by atoms with Crippen LogP contribution in [0, 0.1) is 5.92 Å². The molecule has 1 aromatic rings. The van der Waals surface area contributed by atoms with Gasteiger partial charge in [0, 0.05) is 24.7 Å². The van der Waals surface area contributed by atoms with E-state index in [0.717, 1.165) is 24.6 Å². The van der Waals surface area contributed by atoms with Crippen molar-refractivity contribution in [2.45, 2.75) is 25.4 Å². The summed E-state index contributed by atoms with van der Waals surface area (Å²) in [6.45, 7) is 4.38. The van der Waals surface area contributed by atoms with E-state index in [1.807, 2.05) is 18.2 Å². The lowest BCUT2D eigenvalue weighted by Crippen LogP contribution is -2.57. The van der Waals surface area contributed by atoms with E-state index in [1.54, 1.807) is 0 Å². The fraction of sp³-hybridized carbons (Fsp3) is 0.533. The first-order valence-electron chi connectivity index (χ1n) is 6.94. The monoisotopic (exact) mass is 242 g/mol. The third kappa shape index (κ3) is 1.43. The number of rotatable bonds is 1. The Morgan fingerprint density at radius 2 is 1.89 bits per heavy atom. The third-order valence-corrected chi connectivity index (χ3v) is 4.87. The molecule has 0 unspecified atom stereocenters. The van der Waals surface area contributed by atoms with Gasteiger partial charge in [0.05, 0.1) is 0 Å². The zero-order valence-corrected chi connectivity index (χ0v) is 10.5. The van der Waals surface area contributed by atoms with Crippen LogP contribution in [0.4, 0.5) is 0 Å². The molecule has 0 saturated carbocycles. The van der Waals surface area contributed by atoms with Crippen LogP contribution in [0.1, 0.15) is 28.8 Å². The van der Waals surface area contributed by atoms with Gasteiger partial charge in [-0.2, -0.15) is 0 Å². The minimum absolute atomic E-state index is 0.254. The number of nitrogens with zero attached hydrogens (tertiary/aromatic N) is 2. The Bertz CT molecular complexity index is 491. The topological polar surface area (TPSA) is 23.6 Å². The Morgan fingerprint density at radius 3 is 2.56 bits per heavy atom. The van der Waals surface area contributed by atoms with Gasteiger partial charge in [0.15, 0.2) is 0 Å². The summed E-state index contributed by atoms with van der Waals surface area (Å²) in [7, 11) is 0. The largest absolute Gasteiger partial charge is 0.330 e. The number of fused-ring (bicyclic) bond motifs is 4. The summed E-state index contributed by atoms with van der Waals surface area (Å²) in [5.41, 5.74) is 2.13. The van der Waals surface area contributed by atoms with Crippen LogP contribution in [0.2, 0.25) is 0 Å². The maximum absolute atomic E-state index is 12.5. The molecule has 4 aliphatic heterocycles. The van der Waals surface area contributed by atoms with Crippen LogP contribution in [0.5, 0.6) is 0 Å². The molecular formula is C15H18N2O. The highest BCUT2D eigenvalue weighted by atomic mass is 16.2. The highest BCUT2D eigenvalue weighted by molar-refractivity contribution is 5.98. The average Bonchev–Trinajstić information content (AvgIpc) is 2.78. The molecule has 94 valence electrons. The minimum atomic E-state index is 0.254. The number of hydrogen-bond donors (Lipinski definition) is 0. The molecule has 0 N–H and O–H groups in total. The smallest absolute Gasteiger partial charge is 0.254 e. The number of piperidine rings is 3. The van der Waals surface area contributed by atoms with Gasteiger partial charge in [-0.3, -0.25) is 4.79 Å². The van der Waals surface area contributed by atoms with Crippen LogP contribution in [0.15, 0.2) is 24.3 Å². The zero-order valence-electron chi connectivity index (χ0n) is 10.5. The van der Waals surface area contributed by atoms with Gasteiger partial charge in [0.1, 0.15) is 0 Å². The first-order valence-corrected chi connectivity index (χ1v) is 6.94. The van der Waals surface area contributed by atoms with E-state index in [-0.39, 0.29) is 5.91 Å². The van der Waals surface area contributed by atoms with Crippen molar-refractivity contribution in [3.63, 3.8) is 0 Å². The molecule has 4 heterocycles. The van der Waals surface area contributed by atoms with Crippen LogP contribution < -0.4 is 0 Å². The van der Waals surface area contributed by atoms with Crippen molar-refractivity contribution in [1.82, 2.24) is 9.80 Å². The number of carbonyl (C=O) groups excluding carboxylic acids is 1. The Morgan fingerprint density at radius 1 is 1.11 bits per heavy atom. The molecule has 3 fully saturated rings. The molecular weight excluding hydrogens is 224 g/mol. The molecule has 18 heavy (non-hydrogen) atoms. The highest BCUT2D eigenvalue weighted by Crippen LogP contribution is 2.35. The van der Waals surface area contributed by atoms with Crippen LogP contribution >= 0.6 is 0 Å². The normalized spacial score (nSPS) is 33.9. The van der Waals surface area contributed by atoms with Crippen molar-refractivity contribution in [2.24, 2.45) is 5.92 Å². The van der Waals surface area contributed by atoms with Crippen molar-refractivity contribution in [3.05, 3.63) is 35.4 Å². The number of hydrogen-bond acceptors (Lipinski definition) is 2. The van der Waals surface area contributed by atoms with Crippen molar-refractivity contribution in [3.8, 4) is 0 Å². The van der Waals surface area contributed by atoms with Crippen molar-refractivity contribution >= 4 is 5.91 Å². The maximum atomic E-state index is 12.5. The molecule has 2 bridgehead atoms. The predicted octanol–water partition coefficient (Wildman–Crippen LogP) is 1.74. The fourth-order valence-electron chi connectivity index (χ4n) is 3.83. The summed E-state index contributed by atoms with van der Waals surface area (Å²) in [4.78, 5) is 17.1. The van der Waals surface area contributed by atoms with Crippen molar-refractivity contribution in [1.29, 1.82) is 0 Å². The van der Waals surface area contributed by atoms with Crippen LogP contribution in [-0.4, -0.2) is 41.4 Å². The van der Waals surface area contributed by atoms with E-state index in [1.165, 1.54) is 31.5 Å². The minimum Gasteiger partial charge on any atom is -0.330 e. The summed E-state index contributed by atoms with van der Waals surface area (Å²) in [5, 5.41) is 0. The lowest BCUT2D eigenvalue weighted by molar-refractivity contribution is 0.00846. The molecule has 1 amide bonds. The van der Waals surface area contributed by atoms with Gasteiger partial charge in [-0.05, 0) is 43.5 Å². The second kappa shape index (κ2) is 3.82. The van der Waals surface area contributed by atoms with Gasteiger partial charge in [0.2, 0.25) is 0 Å². The third-order valence-electron chi connectivity index (χ3n) is 4.87. The van der Waals surface area contributed by atoms with Gasteiger partial charge in [-0.1, -0.05) is 18.2 Å². The van der Waals surface area contributed by atoms with Crippen LogP contribution in [0.25, 0.3) is 0 Å². The van der Waals surface area contributed by atoms with Gasteiger partial charge >= 0.3 is 0 Å². The Balaban J connectivity index is 1.63. The Kier molecular flexibility index (Phi) is 2.24. The van der Waals surface area contributed by atoms with E-state index >= 15 is 0 Å².